The first kappa shape index (κ1) is 26.2. The fourth-order valence-corrected chi connectivity index (χ4v) is 2.92. The molecule has 0 spiro atoms. The largest absolute Gasteiger partial charge is 0.478 e. The van der Waals surface area contributed by atoms with Gasteiger partial charge in [0.25, 0.3) is 0 Å². The van der Waals surface area contributed by atoms with Crippen LogP contribution in [0.15, 0.2) is 6.07 Å². The third-order valence-electron chi connectivity index (χ3n) is 4.51. The Morgan fingerprint density at radius 2 is 0.944 bits per heavy atom. The maximum Gasteiger partial charge on any atom is 0.339 e. The molecule has 36 heavy (non-hydrogen) atoms. The Kier molecular flexibility index (Phi) is 6.57. The fraction of sp³-hybridized carbons (Fsp3) is 0. The number of aromatic carboxylic acids is 2. The van der Waals surface area contributed by atoms with Crippen molar-refractivity contribution >= 4 is 11.9 Å². The minimum absolute atomic E-state index is 0.339. The van der Waals surface area contributed by atoms with Gasteiger partial charge in [-0.15, -0.1) is 0 Å². The number of carboxylic acids is 2. The quantitative estimate of drug-likeness (QED) is 0.237. The summed E-state index contributed by atoms with van der Waals surface area (Å²) in [6.45, 7) is 0. The highest BCUT2D eigenvalue weighted by atomic mass is 19.2. The Labute approximate surface area is 189 Å². The Morgan fingerprint density at radius 3 is 1.42 bits per heavy atom. The first-order valence-corrected chi connectivity index (χ1v) is 8.67. The highest BCUT2D eigenvalue weighted by molar-refractivity contribution is 6.02. The van der Waals surface area contributed by atoms with Crippen LogP contribution in [0.1, 0.15) is 20.7 Å². The minimum atomic E-state index is -2.74. The highest BCUT2D eigenvalue weighted by Gasteiger charge is 2.35. The van der Waals surface area contributed by atoms with Crippen LogP contribution < -0.4 is 4.74 Å². The van der Waals surface area contributed by atoms with E-state index in [1.54, 1.807) is 0 Å². The standard InChI is InChI=1S/C20H3F11O5/c21-7-2(4-9(23)14(28)16(30)15(29)10(4)24)1-3(8(22)13(7)27)36-18-12(26)6(20(34)35)5(19(32)33)11(25)17(18)31/h1H,(H,32,33)(H,34,35). The van der Waals surface area contributed by atoms with Gasteiger partial charge in [-0.05, 0) is 6.07 Å². The van der Waals surface area contributed by atoms with Gasteiger partial charge in [0.15, 0.2) is 52.3 Å². The van der Waals surface area contributed by atoms with Gasteiger partial charge in [0.05, 0.1) is 5.56 Å². The van der Waals surface area contributed by atoms with Crippen LogP contribution in [0.5, 0.6) is 11.5 Å². The van der Waals surface area contributed by atoms with Gasteiger partial charge in [0.1, 0.15) is 11.1 Å². The zero-order valence-electron chi connectivity index (χ0n) is 16.4. The lowest BCUT2D eigenvalue weighted by Gasteiger charge is -2.15. The molecule has 3 aromatic rings. The molecule has 0 fully saturated rings. The molecule has 0 bridgehead atoms. The van der Waals surface area contributed by atoms with E-state index in [9.17, 15) is 57.9 Å². The summed E-state index contributed by atoms with van der Waals surface area (Å²) in [5, 5.41) is 17.8. The third-order valence-corrected chi connectivity index (χ3v) is 4.51. The minimum Gasteiger partial charge on any atom is -0.478 e. The van der Waals surface area contributed by atoms with E-state index in [1.165, 1.54) is 0 Å². The Morgan fingerprint density at radius 1 is 0.528 bits per heavy atom. The average Bonchev–Trinajstić information content (AvgIpc) is 2.81. The third kappa shape index (κ3) is 3.83. The number of ether oxygens (including phenoxy) is 1. The molecule has 3 rings (SSSR count). The number of carboxylic acid groups (broad SMARTS) is 2. The van der Waals surface area contributed by atoms with E-state index in [0.29, 0.717) is 0 Å². The topological polar surface area (TPSA) is 83.8 Å². The molecule has 0 heterocycles. The second kappa shape index (κ2) is 9.01. The van der Waals surface area contributed by atoms with Crippen molar-refractivity contribution in [1.82, 2.24) is 0 Å². The number of halogens is 11. The Bertz CT molecular complexity index is 1460. The lowest BCUT2D eigenvalue weighted by Crippen LogP contribution is -2.16. The zero-order valence-corrected chi connectivity index (χ0v) is 16.4. The van der Waals surface area contributed by atoms with Crippen LogP contribution in [-0.2, 0) is 0 Å². The molecule has 0 aliphatic rings. The summed E-state index contributed by atoms with van der Waals surface area (Å²) in [4.78, 5) is 22.2. The molecule has 2 N–H and O–H groups in total. The monoisotopic (exact) mass is 532 g/mol. The average molecular weight is 532 g/mol. The number of hydrogen-bond donors (Lipinski definition) is 2. The molecular weight excluding hydrogens is 529 g/mol. The Hall–Kier alpha value is -4.37. The van der Waals surface area contributed by atoms with E-state index >= 15 is 0 Å². The molecule has 0 amide bonds. The maximum absolute atomic E-state index is 14.6. The van der Waals surface area contributed by atoms with Crippen molar-refractivity contribution in [3.8, 4) is 22.6 Å². The van der Waals surface area contributed by atoms with E-state index in [4.69, 9.17) is 10.2 Å². The van der Waals surface area contributed by atoms with Gasteiger partial charge in [0.2, 0.25) is 23.2 Å². The summed E-state index contributed by atoms with van der Waals surface area (Å²) < 4.78 is 158. The van der Waals surface area contributed by atoms with Crippen LogP contribution in [0.25, 0.3) is 11.1 Å². The van der Waals surface area contributed by atoms with E-state index in [-0.39, 0.29) is 6.07 Å². The SMILES string of the molecule is O=C(O)c1c(F)c(F)c(Oc2cc(-c3c(F)c(F)c(F)c(F)c3F)c(F)c(F)c2F)c(F)c1C(=O)O. The number of carbonyl (C=O) groups is 2. The van der Waals surface area contributed by atoms with Gasteiger partial charge < -0.3 is 14.9 Å². The molecule has 0 atom stereocenters. The second-order valence-electron chi connectivity index (χ2n) is 6.54. The van der Waals surface area contributed by atoms with E-state index in [0.717, 1.165) is 0 Å². The van der Waals surface area contributed by atoms with Crippen LogP contribution in [-0.4, -0.2) is 22.2 Å². The van der Waals surface area contributed by atoms with Crippen molar-refractivity contribution in [2.75, 3.05) is 0 Å². The summed E-state index contributed by atoms with van der Waals surface area (Å²) in [6.07, 6.45) is 0. The van der Waals surface area contributed by atoms with Gasteiger partial charge in [-0.2, -0.15) is 8.78 Å². The molecule has 0 aliphatic heterocycles. The van der Waals surface area contributed by atoms with Crippen molar-refractivity contribution in [2.45, 2.75) is 0 Å². The van der Waals surface area contributed by atoms with Gasteiger partial charge in [-0.25, -0.2) is 49.1 Å². The molecule has 0 saturated heterocycles. The number of rotatable bonds is 5. The molecule has 190 valence electrons. The van der Waals surface area contributed by atoms with Crippen LogP contribution in [0.2, 0.25) is 0 Å². The van der Waals surface area contributed by atoms with Crippen molar-refractivity contribution in [3.05, 3.63) is 81.2 Å². The van der Waals surface area contributed by atoms with Crippen LogP contribution >= 0.6 is 0 Å². The molecule has 0 radical (unpaired) electrons. The van der Waals surface area contributed by atoms with Crippen LogP contribution in [0.4, 0.5) is 48.3 Å². The maximum atomic E-state index is 14.6. The Balaban J connectivity index is 2.36. The first-order chi connectivity index (χ1) is 16.6. The van der Waals surface area contributed by atoms with Crippen LogP contribution in [0.3, 0.4) is 0 Å². The fourth-order valence-electron chi connectivity index (χ4n) is 2.92. The summed E-state index contributed by atoms with van der Waals surface area (Å²) in [5.74, 6) is -38.3. The molecule has 3 aromatic carbocycles. The van der Waals surface area contributed by atoms with Crippen molar-refractivity contribution < 1.29 is 72.8 Å². The molecule has 0 aliphatic carbocycles. The molecular formula is C20H3F11O5. The number of benzene rings is 3. The van der Waals surface area contributed by atoms with Gasteiger partial charge in [-0.1, -0.05) is 0 Å². The summed E-state index contributed by atoms with van der Waals surface area (Å²) in [7, 11) is 0. The van der Waals surface area contributed by atoms with Crippen molar-refractivity contribution in [1.29, 1.82) is 0 Å². The van der Waals surface area contributed by atoms with Crippen molar-refractivity contribution in [2.24, 2.45) is 0 Å². The molecule has 0 saturated carbocycles. The number of hydrogen-bond acceptors (Lipinski definition) is 3. The summed E-state index contributed by atoms with van der Waals surface area (Å²) in [6, 6.07) is -0.339. The molecule has 0 aromatic heterocycles. The normalized spacial score (nSPS) is 11.1. The zero-order chi connectivity index (χ0) is 27.4. The smallest absolute Gasteiger partial charge is 0.339 e. The van der Waals surface area contributed by atoms with Gasteiger partial charge in [-0.3, -0.25) is 0 Å². The summed E-state index contributed by atoms with van der Waals surface area (Å²) in [5.41, 5.74) is -8.23. The molecule has 16 heteroatoms. The lowest BCUT2D eigenvalue weighted by atomic mass is 10.0. The van der Waals surface area contributed by atoms with E-state index < -0.39 is 110 Å². The lowest BCUT2D eigenvalue weighted by molar-refractivity contribution is 0.0640. The highest BCUT2D eigenvalue weighted by Crippen LogP contribution is 2.40. The van der Waals surface area contributed by atoms with E-state index in [1.807, 2.05) is 0 Å². The van der Waals surface area contributed by atoms with Gasteiger partial charge >= 0.3 is 11.9 Å². The molecule has 5 nitrogen and oxygen atoms in total. The predicted octanol–water partition coefficient (Wildman–Crippen LogP) is 6.07. The summed E-state index contributed by atoms with van der Waals surface area (Å²) >= 11 is 0. The van der Waals surface area contributed by atoms with Crippen molar-refractivity contribution in [3.63, 3.8) is 0 Å². The first-order valence-electron chi connectivity index (χ1n) is 8.67. The second-order valence-corrected chi connectivity index (χ2v) is 6.54. The predicted molar refractivity (Wildman–Crippen MR) is 91.9 cm³/mol. The van der Waals surface area contributed by atoms with Gasteiger partial charge in [0, 0.05) is 5.56 Å². The molecule has 0 unspecified atom stereocenters. The van der Waals surface area contributed by atoms with Crippen LogP contribution in [0, 0.1) is 64.0 Å². The van der Waals surface area contributed by atoms with E-state index in [2.05, 4.69) is 4.74 Å².